The molecule has 0 bridgehead atoms. The molecule has 1 unspecified atom stereocenters. The molecule has 1 aromatic carbocycles. The van der Waals surface area contributed by atoms with Crippen molar-refractivity contribution in [3.8, 4) is 0 Å². The Morgan fingerprint density at radius 3 is 2.35 bits per heavy atom. The fourth-order valence-electron chi connectivity index (χ4n) is 1.23. The second kappa shape index (κ2) is 6.56. The maximum absolute atomic E-state index is 13.1. The van der Waals surface area contributed by atoms with E-state index in [-0.39, 0.29) is 11.3 Å². The van der Waals surface area contributed by atoms with Gasteiger partial charge in [-0.3, -0.25) is 4.21 Å². The Balaban J connectivity index is 2.62. The zero-order valence-corrected chi connectivity index (χ0v) is 9.61. The minimum atomic E-state index is -2.11. The third-order valence-electron chi connectivity index (χ3n) is 2.01. The third-order valence-corrected chi connectivity index (χ3v) is 2.63. The van der Waals surface area contributed by atoms with Crippen LogP contribution in [0.3, 0.4) is 0 Å². The number of unbranched alkanes of at least 4 members (excludes halogenated alkanes) is 1. The highest BCUT2D eigenvalue weighted by atomic mass is 32.2. The molecule has 0 aromatic heterocycles. The van der Waals surface area contributed by atoms with Crippen LogP contribution in [0.2, 0.25) is 0 Å². The summed E-state index contributed by atoms with van der Waals surface area (Å²) in [5.74, 6) is -2.94. The molecule has 6 heteroatoms. The molecule has 0 saturated carbocycles. The zero-order valence-electron chi connectivity index (χ0n) is 8.79. The predicted molar refractivity (Wildman–Crippen MR) is 58.4 cm³/mol. The van der Waals surface area contributed by atoms with Gasteiger partial charge in [0.1, 0.15) is 17.5 Å². The highest BCUT2D eigenvalue weighted by molar-refractivity contribution is 7.79. The van der Waals surface area contributed by atoms with Crippen LogP contribution < -0.4 is 0 Å². The van der Waals surface area contributed by atoms with E-state index in [9.17, 15) is 21.9 Å². The Morgan fingerprint density at radius 2 is 1.82 bits per heavy atom. The van der Waals surface area contributed by atoms with Crippen molar-refractivity contribution >= 4 is 17.2 Å². The van der Waals surface area contributed by atoms with Crippen LogP contribution in [0, 0.1) is 17.5 Å². The molecule has 17 heavy (non-hydrogen) atoms. The van der Waals surface area contributed by atoms with Gasteiger partial charge in [0, 0.05) is 23.4 Å². The van der Waals surface area contributed by atoms with Crippen molar-refractivity contribution < 1.29 is 21.9 Å². The molecular weight excluding hydrogens is 253 g/mol. The smallest absolute Gasteiger partial charge is 0.136 e. The van der Waals surface area contributed by atoms with Gasteiger partial charge in [0.15, 0.2) is 0 Å². The summed E-state index contributed by atoms with van der Waals surface area (Å²) in [5.41, 5.74) is -0.324. The van der Waals surface area contributed by atoms with Crippen molar-refractivity contribution in [2.24, 2.45) is 0 Å². The van der Waals surface area contributed by atoms with Crippen molar-refractivity contribution in [1.29, 1.82) is 0 Å². The molecule has 1 rings (SSSR count). The summed E-state index contributed by atoms with van der Waals surface area (Å²) in [6.07, 6.45) is 3.38. The molecule has 1 aromatic rings. The van der Waals surface area contributed by atoms with E-state index in [0.717, 1.165) is 0 Å². The Labute approximate surface area is 99.4 Å². The van der Waals surface area contributed by atoms with Gasteiger partial charge in [-0.25, -0.2) is 13.2 Å². The Morgan fingerprint density at radius 1 is 1.24 bits per heavy atom. The van der Waals surface area contributed by atoms with E-state index in [4.69, 9.17) is 0 Å². The molecule has 94 valence electrons. The first-order valence-electron chi connectivity index (χ1n) is 4.87. The molecule has 0 spiro atoms. The molecule has 0 heterocycles. The van der Waals surface area contributed by atoms with Crippen LogP contribution in [0.25, 0.3) is 6.08 Å². The number of benzene rings is 1. The first-order valence-corrected chi connectivity index (χ1v) is 6.12. The SMILES string of the molecule is O=S([O-])CCCC=Cc1c(F)cc(F)cc1F. The van der Waals surface area contributed by atoms with Gasteiger partial charge in [0.05, 0.1) is 0 Å². The zero-order chi connectivity index (χ0) is 12.8. The monoisotopic (exact) mass is 263 g/mol. The molecule has 0 aliphatic carbocycles. The van der Waals surface area contributed by atoms with Crippen LogP contribution in [0.15, 0.2) is 18.2 Å². The summed E-state index contributed by atoms with van der Waals surface area (Å²) in [6, 6.07) is 1.19. The summed E-state index contributed by atoms with van der Waals surface area (Å²) in [5, 5.41) is 0. The molecule has 0 radical (unpaired) electrons. The summed E-state index contributed by atoms with van der Waals surface area (Å²) < 4.78 is 59.2. The number of hydrogen-bond acceptors (Lipinski definition) is 2. The Kier molecular flexibility index (Phi) is 5.37. The van der Waals surface area contributed by atoms with Crippen molar-refractivity contribution in [3.63, 3.8) is 0 Å². The van der Waals surface area contributed by atoms with E-state index >= 15 is 0 Å². The first kappa shape index (κ1) is 13.9. The van der Waals surface area contributed by atoms with E-state index in [1.165, 1.54) is 12.2 Å². The average Bonchev–Trinajstić information content (AvgIpc) is 2.20. The lowest BCUT2D eigenvalue weighted by Crippen LogP contribution is -1.94. The van der Waals surface area contributed by atoms with Crippen LogP contribution in [-0.4, -0.2) is 14.5 Å². The fraction of sp³-hybridized carbons (Fsp3) is 0.273. The minimum absolute atomic E-state index is 0.00127. The van der Waals surface area contributed by atoms with Gasteiger partial charge in [0.25, 0.3) is 0 Å². The van der Waals surface area contributed by atoms with Gasteiger partial charge < -0.3 is 4.55 Å². The molecule has 2 nitrogen and oxygen atoms in total. The number of allylic oxidation sites excluding steroid dienone is 1. The van der Waals surface area contributed by atoms with E-state index in [2.05, 4.69) is 0 Å². The predicted octanol–water partition coefficient (Wildman–Crippen LogP) is 2.78. The van der Waals surface area contributed by atoms with Crippen LogP contribution in [-0.2, 0) is 11.1 Å². The molecule has 0 N–H and O–H groups in total. The molecule has 0 aliphatic heterocycles. The fourth-order valence-corrected chi connectivity index (χ4v) is 1.64. The van der Waals surface area contributed by atoms with E-state index in [0.29, 0.717) is 25.0 Å². The van der Waals surface area contributed by atoms with Gasteiger partial charge in [0.2, 0.25) is 0 Å². The van der Waals surface area contributed by atoms with Crippen LogP contribution >= 0.6 is 0 Å². The van der Waals surface area contributed by atoms with E-state index < -0.39 is 28.5 Å². The van der Waals surface area contributed by atoms with Crippen molar-refractivity contribution in [2.45, 2.75) is 12.8 Å². The standard InChI is InChI=1S/C11H11F3O2S/c12-8-6-10(13)9(11(14)7-8)4-2-1-3-5-17(15)16/h2,4,6-7H,1,3,5H2,(H,15,16)/p-1. The molecule has 0 fully saturated rings. The topological polar surface area (TPSA) is 40.1 Å². The maximum Gasteiger partial charge on any atom is 0.136 e. The maximum atomic E-state index is 13.1. The highest BCUT2D eigenvalue weighted by Crippen LogP contribution is 2.16. The van der Waals surface area contributed by atoms with Crippen LogP contribution in [0.5, 0.6) is 0 Å². The van der Waals surface area contributed by atoms with Crippen LogP contribution in [0.4, 0.5) is 13.2 Å². The lowest BCUT2D eigenvalue weighted by molar-refractivity contribution is 0.534. The van der Waals surface area contributed by atoms with Gasteiger partial charge in [-0.2, -0.15) is 0 Å². The molecule has 0 saturated heterocycles. The summed E-state index contributed by atoms with van der Waals surface area (Å²) in [7, 11) is 0. The van der Waals surface area contributed by atoms with Crippen molar-refractivity contribution in [1.82, 2.24) is 0 Å². The minimum Gasteiger partial charge on any atom is -0.772 e. The number of hydrogen-bond donors (Lipinski definition) is 0. The summed E-state index contributed by atoms with van der Waals surface area (Å²) >= 11 is -2.11. The van der Waals surface area contributed by atoms with Gasteiger partial charge in [-0.1, -0.05) is 23.2 Å². The largest absolute Gasteiger partial charge is 0.772 e. The van der Waals surface area contributed by atoms with Gasteiger partial charge in [-0.05, 0) is 12.8 Å². The highest BCUT2D eigenvalue weighted by Gasteiger charge is 2.07. The lowest BCUT2D eigenvalue weighted by Gasteiger charge is -2.02. The summed E-state index contributed by atoms with van der Waals surface area (Å²) in [4.78, 5) is 0. The van der Waals surface area contributed by atoms with Crippen molar-refractivity contribution in [3.05, 3.63) is 41.2 Å². The third kappa shape index (κ3) is 4.70. The van der Waals surface area contributed by atoms with Crippen LogP contribution in [0.1, 0.15) is 18.4 Å². The van der Waals surface area contributed by atoms with E-state index in [1.807, 2.05) is 0 Å². The first-order chi connectivity index (χ1) is 8.00. The number of halogens is 3. The molecule has 1 atom stereocenters. The molecule has 0 aliphatic rings. The second-order valence-electron chi connectivity index (χ2n) is 3.34. The molecular formula is C11H10F3O2S-. The van der Waals surface area contributed by atoms with E-state index in [1.54, 1.807) is 0 Å². The molecule has 0 amide bonds. The van der Waals surface area contributed by atoms with Gasteiger partial charge >= 0.3 is 0 Å². The normalized spacial score (nSPS) is 13.2. The van der Waals surface area contributed by atoms with Crippen molar-refractivity contribution in [2.75, 3.05) is 5.75 Å². The lowest BCUT2D eigenvalue weighted by atomic mass is 10.1. The Bertz CT molecular complexity index is 423. The summed E-state index contributed by atoms with van der Waals surface area (Å²) in [6.45, 7) is 0. The van der Waals surface area contributed by atoms with Gasteiger partial charge in [-0.15, -0.1) is 0 Å². The quantitative estimate of drug-likeness (QED) is 0.605. The average molecular weight is 263 g/mol. The Hall–Kier alpha value is -1.14. The number of rotatable bonds is 5. The second-order valence-corrected chi connectivity index (χ2v) is 4.35.